The summed E-state index contributed by atoms with van der Waals surface area (Å²) in [6.45, 7) is 0. The summed E-state index contributed by atoms with van der Waals surface area (Å²) >= 11 is 0. The molecule has 0 aliphatic rings. The smallest absolute Gasteiger partial charge is 0.269 e. The summed E-state index contributed by atoms with van der Waals surface area (Å²) in [7, 11) is 0. The molecule has 2 rings (SSSR count). The normalized spacial score (nSPS) is 9.53. The molecule has 0 bridgehead atoms. The third-order valence-electron chi connectivity index (χ3n) is 1.85. The Balaban J connectivity index is 2.54. The molecule has 2 aromatic rings. The largest absolute Gasteiger partial charge is 0.305 e. The first-order chi connectivity index (χ1) is 7.31. The molecule has 0 aromatic carbocycles. The molecule has 0 radical (unpaired) electrons. The van der Waals surface area contributed by atoms with Crippen molar-refractivity contribution < 1.29 is 0 Å². The second kappa shape index (κ2) is 3.72. The molecule has 0 amide bonds. The Kier molecular flexibility index (Phi) is 2.25. The van der Waals surface area contributed by atoms with Crippen molar-refractivity contribution in [3.05, 3.63) is 46.6 Å². The van der Waals surface area contributed by atoms with Gasteiger partial charge in [0.2, 0.25) is 0 Å². The minimum absolute atomic E-state index is 0.00244. The van der Waals surface area contributed by atoms with Gasteiger partial charge >= 0.3 is 0 Å². The van der Waals surface area contributed by atoms with E-state index in [4.69, 9.17) is 5.26 Å². The van der Waals surface area contributed by atoms with E-state index in [1.165, 1.54) is 6.20 Å². The first-order valence-corrected chi connectivity index (χ1v) is 4.21. The number of H-pyrrole nitrogens is 1. The summed E-state index contributed by atoms with van der Waals surface area (Å²) in [4.78, 5) is 21.7. The molecule has 0 saturated carbocycles. The molecular weight excluding hydrogens is 192 g/mol. The lowest BCUT2D eigenvalue weighted by molar-refractivity contribution is 1.10. The molecule has 15 heavy (non-hydrogen) atoms. The quantitative estimate of drug-likeness (QED) is 0.731. The maximum atomic E-state index is 11.3. The fourth-order valence-electron chi connectivity index (χ4n) is 1.12. The summed E-state index contributed by atoms with van der Waals surface area (Å²) in [5.74, 6) is 0.409. The lowest BCUT2D eigenvalue weighted by Crippen LogP contribution is -2.12. The minimum atomic E-state index is -0.439. The number of rotatable bonds is 1. The van der Waals surface area contributed by atoms with Gasteiger partial charge in [0.05, 0.1) is 6.20 Å². The van der Waals surface area contributed by atoms with Crippen LogP contribution in [0.15, 0.2) is 35.5 Å². The van der Waals surface area contributed by atoms with Crippen LogP contribution in [0.4, 0.5) is 0 Å². The van der Waals surface area contributed by atoms with Crippen LogP contribution in [-0.4, -0.2) is 15.0 Å². The van der Waals surface area contributed by atoms with Gasteiger partial charge in [0, 0.05) is 18.0 Å². The van der Waals surface area contributed by atoms with Gasteiger partial charge in [0.15, 0.2) is 0 Å². The Bertz CT molecular complexity index is 568. The number of nitriles is 1. The maximum absolute atomic E-state index is 11.3. The highest BCUT2D eigenvalue weighted by molar-refractivity contribution is 5.52. The van der Waals surface area contributed by atoms with Crippen LogP contribution in [0.2, 0.25) is 0 Å². The number of hydrogen-bond acceptors (Lipinski definition) is 4. The monoisotopic (exact) mass is 198 g/mol. The Hall–Kier alpha value is -2.48. The van der Waals surface area contributed by atoms with E-state index in [9.17, 15) is 4.79 Å². The molecule has 0 saturated heterocycles. The van der Waals surface area contributed by atoms with Gasteiger partial charge < -0.3 is 4.98 Å². The van der Waals surface area contributed by atoms with Crippen LogP contribution in [-0.2, 0) is 0 Å². The predicted octanol–water partition coefficient (Wildman–Crippen LogP) is 0.704. The molecule has 0 unspecified atom stereocenters. The summed E-state index contributed by atoms with van der Waals surface area (Å²) in [5.41, 5.74) is 0.271. The number of nitrogens with one attached hydrogen (secondary N) is 1. The lowest BCUT2D eigenvalue weighted by Gasteiger charge is -1.98. The summed E-state index contributed by atoms with van der Waals surface area (Å²) in [6.07, 6.45) is 4.47. The molecule has 0 aliphatic heterocycles. The molecule has 0 fully saturated rings. The molecule has 5 nitrogen and oxygen atoms in total. The topological polar surface area (TPSA) is 82.4 Å². The highest BCUT2D eigenvalue weighted by Gasteiger charge is 2.03. The number of hydrogen-bond donors (Lipinski definition) is 1. The van der Waals surface area contributed by atoms with Crippen molar-refractivity contribution in [2.24, 2.45) is 0 Å². The van der Waals surface area contributed by atoms with Gasteiger partial charge in [-0.05, 0) is 12.1 Å². The van der Waals surface area contributed by atoms with Crippen LogP contribution in [0.25, 0.3) is 11.4 Å². The lowest BCUT2D eigenvalue weighted by atomic mass is 10.2. The van der Waals surface area contributed by atoms with E-state index in [0.717, 1.165) is 0 Å². The number of pyridine rings is 1. The van der Waals surface area contributed by atoms with Crippen LogP contribution >= 0.6 is 0 Å². The zero-order valence-electron chi connectivity index (χ0n) is 7.64. The van der Waals surface area contributed by atoms with E-state index in [1.807, 2.05) is 0 Å². The van der Waals surface area contributed by atoms with Gasteiger partial charge in [-0.25, -0.2) is 4.98 Å². The van der Waals surface area contributed by atoms with E-state index in [1.54, 1.807) is 30.6 Å². The summed E-state index contributed by atoms with van der Waals surface area (Å²) in [5, 5.41) is 8.56. The first-order valence-electron chi connectivity index (χ1n) is 4.21. The summed E-state index contributed by atoms with van der Waals surface area (Å²) < 4.78 is 0. The molecule has 0 aliphatic carbocycles. The van der Waals surface area contributed by atoms with Crippen molar-refractivity contribution in [3.63, 3.8) is 0 Å². The highest BCUT2D eigenvalue weighted by atomic mass is 16.1. The second-order valence-corrected chi connectivity index (χ2v) is 2.83. The molecule has 72 valence electrons. The highest BCUT2D eigenvalue weighted by Crippen LogP contribution is 2.09. The van der Waals surface area contributed by atoms with Gasteiger partial charge in [0.1, 0.15) is 17.5 Å². The van der Waals surface area contributed by atoms with E-state index >= 15 is 0 Å². The minimum Gasteiger partial charge on any atom is -0.305 e. The van der Waals surface area contributed by atoms with Crippen molar-refractivity contribution in [1.29, 1.82) is 5.26 Å². The fraction of sp³-hybridized carbons (Fsp3) is 0. The van der Waals surface area contributed by atoms with Gasteiger partial charge in [-0.15, -0.1) is 0 Å². The molecule has 0 atom stereocenters. The van der Waals surface area contributed by atoms with E-state index in [0.29, 0.717) is 11.4 Å². The van der Waals surface area contributed by atoms with Gasteiger partial charge in [-0.3, -0.25) is 9.78 Å². The fourth-order valence-corrected chi connectivity index (χ4v) is 1.12. The molecule has 1 N–H and O–H groups in total. The van der Waals surface area contributed by atoms with Gasteiger partial charge in [-0.2, -0.15) is 5.26 Å². The Labute approximate surface area is 85.1 Å². The van der Waals surface area contributed by atoms with Crippen molar-refractivity contribution in [2.45, 2.75) is 0 Å². The molecule has 2 aromatic heterocycles. The van der Waals surface area contributed by atoms with E-state index in [-0.39, 0.29) is 5.56 Å². The van der Waals surface area contributed by atoms with Crippen LogP contribution in [0, 0.1) is 11.3 Å². The number of nitrogens with zero attached hydrogens (tertiary/aromatic N) is 3. The Morgan fingerprint density at radius 3 is 2.87 bits per heavy atom. The maximum Gasteiger partial charge on any atom is 0.269 e. The van der Waals surface area contributed by atoms with E-state index < -0.39 is 5.56 Å². The zero-order valence-corrected chi connectivity index (χ0v) is 7.64. The Morgan fingerprint density at radius 1 is 1.40 bits per heavy atom. The molecular formula is C10H6N4O. The third-order valence-corrected chi connectivity index (χ3v) is 1.85. The standard InChI is InChI=1S/C10H6N4O/c11-4-8-6-13-9(14-10(8)15)7-2-1-3-12-5-7/h1-3,5-6H,(H,13,14,15). The van der Waals surface area contributed by atoms with Crippen LogP contribution < -0.4 is 5.56 Å². The van der Waals surface area contributed by atoms with Gasteiger partial charge in [-0.1, -0.05) is 0 Å². The van der Waals surface area contributed by atoms with Crippen LogP contribution in [0.5, 0.6) is 0 Å². The van der Waals surface area contributed by atoms with Crippen molar-refractivity contribution >= 4 is 0 Å². The number of aromatic amines is 1. The van der Waals surface area contributed by atoms with Crippen LogP contribution in [0.1, 0.15) is 5.56 Å². The first kappa shape index (κ1) is 9.09. The van der Waals surface area contributed by atoms with Crippen molar-refractivity contribution in [3.8, 4) is 17.5 Å². The third kappa shape index (κ3) is 1.74. The molecule has 2 heterocycles. The summed E-state index contributed by atoms with van der Waals surface area (Å²) in [6, 6.07) is 5.27. The van der Waals surface area contributed by atoms with Crippen molar-refractivity contribution in [2.75, 3.05) is 0 Å². The average molecular weight is 198 g/mol. The number of aromatic nitrogens is 3. The zero-order chi connectivity index (χ0) is 10.7. The molecule has 5 heteroatoms. The SMILES string of the molecule is N#Cc1cnc(-c2cccnc2)[nH]c1=O. The van der Waals surface area contributed by atoms with Crippen molar-refractivity contribution in [1.82, 2.24) is 15.0 Å². The predicted molar refractivity (Wildman–Crippen MR) is 52.8 cm³/mol. The van der Waals surface area contributed by atoms with E-state index in [2.05, 4.69) is 15.0 Å². The van der Waals surface area contributed by atoms with Crippen LogP contribution in [0.3, 0.4) is 0 Å². The van der Waals surface area contributed by atoms with Gasteiger partial charge in [0.25, 0.3) is 5.56 Å². The Morgan fingerprint density at radius 2 is 2.27 bits per heavy atom. The second-order valence-electron chi connectivity index (χ2n) is 2.83. The molecule has 0 spiro atoms. The average Bonchev–Trinajstić information content (AvgIpc) is 2.30.